The quantitative estimate of drug-likeness (QED) is 0.254. The van der Waals surface area contributed by atoms with E-state index in [4.69, 9.17) is 9.40 Å². The van der Waals surface area contributed by atoms with Crippen molar-refractivity contribution in [3.05, 3.63) is 115 Å². The SMILES string of the molecule is N#Cc1cc(-c2ccc(-c3cccc4c3oc3ccccc34)cc2)cc(-c2nc3ccccc3s2)c1. The summed E-state index contributed by atoms with van der Waals surface area (Å²) in [5.41, 5.74) is 8.56. The van der Waals surface area contributed by atoms with Crippen LogP contribution in [0.1, 0.15) is 5.56 Å². The second kappa shape index (κ2) is 8.20. The van der Waals surface area contributed by atoms with E-state index in [0.717, 1.165) is 65.0 Å². The first-order valence-corrected chi connectivity index (χ1v) is 12.5. The maximum Gasteiger partial charge on any atom is 0.143 e. The number of aromatic nitrogens is 1. The predicted octanol–water partition coefficient (Wildman–Crippen LogP) is 9.07. The van der Waals surface area contributed by atoms with Crippen molar-refractivity contribution in [3.8, 4) is 38.9 Å². The summed E-state index contributed by atoms with van der Waals surface area (Å²) in [6, 6.07) is 39.3. The van der Waals surface area contributed by atoms with E-state index >= 15 is 0 Å². The molecule has 0 unspecified atom stereocenters. The number of fused-ring (bicyclic) bond motifs is 4. The van der Waals surface area contributed by atoms with Crippen molar-refractivity contribution in [2.45, 2.75) is 0 Å². The molecule has 0 N–H and O–H groups in total. The van der Waals surface area contributed by atoms with Crippen molar-refractivity contribution in [3.63, 3.8) is 0 Å². The van der Waals surface area contributed by atoms with E-state index in [-0.39, 0.29) is 0 Å². The van der Waals surface area contributed by atoms with Crippen LogP contribution in [-0.4, -0.2) is 4.98 Å². The van der Waals surface area contributed by atoms with Gasteiger partial charge in [-0.25, -0.2) is 4.98 Å². The predicted molar refractivity (Wildman–Crippen MR) is 148 cm³/mol. The van der Waals surface area contributed by atoms with Gasteiger partial charge in [0.1, 0.15) is 16.2 Å². The fourth-order valence-corrected chi connectivity index (χ4v) is 5.75. The van der Waals surface area contributed by atoms with Gasteiger partial charge in [-0.2, -0.15) is 5.26 Å². The lowest BCUT2D eigenvalue weighted by atomic mass is 9.97. The van der Waals surface area contributed by atoms with Crippen LogP contribution in [0.2, 0.25) is 0 Å². The topological polar surface area (TPSA) is 49.8 Å². The number of benzene rings is 5. The molecule has 5 aromatic carbocycles. The number of nitriles is 1. The highest BCUT2D eigenvalue weighted by molar-refractivity contribution is 7.21. The maximum absolute atomic E-state index is 9.70. The molecular formula is C32H18N2OS. The summed E-state index contributed by atoms with van der Waals surface area (Å²) in [6.07, 6.45) is 0. The van der Waals surface area contributed by atoms with Crippen molar-refractivity contribution in [2.75, 3.05) is 0 Å². The number of hydrogen-bond acceptors (Lipinski definition) is 4. The minimum atomic E-state index is 0.623. The van der Waals surface area contributed by atoms with E-state index < -0.39 is 0 Å². The highest BCUT2D eigenvalue weighted by atomic mass is 32.1. The molecule has 0 aliphatic carbocycles. The van der Waals surface area contributed by atoms with E-state index in [9.17, 15) is 5.26 Å². The average molecular weight is 479 g/mol. The molecule has 0 radical (unpaired) electrons. The Morgan fingerprint density at radius 2 is 1.42 bits per heavy atom. The zero-order valence-electron chi connectivity index (χ0n) is 19.1. The lowest BCUT2D eigenvalue weighted by Crippen LogP contribution is -1.86. The van der Waals surface area contributed by atoms with E-state index in [2.05, 4.69) is 66.7 Å². The molecule has 2 aromatic heterocycles. The monoisotopic (exact) mass is 478 g/mol. The van der Waals surface area contributed by atoms with Crippen LogP contribution in [-0.2, 0) is 0 Å². The van der Waals surface area contributed by atoms with Crippen molar-refractivity contribution in [1.29, 1.82) is 5.26 Å². The van der Waals surface area contributed by atoms with Crippen molar-refractivity contribution in [1.82, 2.24) is 4.98 Å². The second-order valence-corrected chi connectivity index (χ2v) is 9.79. The van der Waals surface area contributed by atoms with Crippen LogP contribution >= 0.6 is 11.3 Å². The van der Waals surface area contributed by atoms with Gasteiger partial charge in [-0.1, -0.05) is 72.8 Å². The van der Waals surface area contributed by atoms with Gasteiger partial charge in [-0.3, -0.25) is 0 Å². The lowest BCUT2D eigenvalue weighted by Gasteiger charge is -2.08. The summed E-state index contributed by atoms with van der Waals surface area (Å²) in [7, 11) is 0. The van der Waals surface area contributed by atoms with Crippen LogP contribution in [0.3, 0.4) is 0 Å². The summed E-state index contributed by atoms with van der Waals surface area (Å²) in [6.45, 7) is 0. The third kappa shape index (κ3) is 3.38. The van der Waals surface area contributed by atoms with Gasteiger partial charge in [0.05, 0.1) is 21.8 Å². The molecule has 0 aliphatic rings. The highest BCUT2D eigenvalue weighted by Gasteiger charge is 2.13. The molecule has 168 valence electrons. The van der Waals surface area contributed by atoms with E-state index in [1.165, 1.54) is 0 Å². The van der Waals surface area contributed by atoms with E-state index in [1.54, 1.807) is 11.3 Å². The van der Waals surface area contributed by atoms with Crippen LogP contribution in [0, 0.1) is 11.3 Å². The second-order valence-electron chi connectivity index (χ2n) is 8.76. The van der Waals surface area contributed by atoms with Crippen LogP contribution < -0.4 is 0 Å². The molecule has 36 heavy (non-hydrogen) atoms. The molecule has 0 atom stereocenters. The van der Waals surface area contributed by atoms with Gasteiger partial charge in [-0.15, -0.1) is 11.3 Å². The maximum atomic E-state index is 9.70. The lowest BCUT2D eigenvalue weighted by molar-refractivity contribution is 0.670. The number of nitrogens with zero attached hydrogens (tertiary/aromatic N) is 2. The molecule has 0 aliphatic heterocycles. The molecular weight excluding hydrogens is 460 g/mol. The summed E-state index contributed by atoms with van der Waals surface area (Å²) in [4.78, 5) is 4.79. The third-order valence-electron chi connectivity index (χ3n) is 6.54. The Labute approximate surface area is 211 Å². The molecule has 2 heterocycles. The molecule has 0 amide bonds. The van der Waals surface area contributed by atoms with Crippen LogP contribution in [0.4, 0.5) is 0 Å². The summed E-state index contributed by atoms with van der Waals surface area (Å²) >= 11 is 1.64. The fourth-order valence-electron chi connectivity index (χ4n) is 4.79. The zero-order valence-corrected chi connectivity index (χ0v) is 19.9. The first kappa shape index (κ1) is 20.6. The first-order valence-electron chi connectivity index (χ1n) is 11.7. The number of furan rings is 1. The Morgan fingerprint density at radius 1 is 0.667 bits per heavy atom. The fraction of sp³-hybridized carbons (Fsp3) is 0. The van der Waals surface area contributed by atoms with Crippen LogP contribution in [0.25, 0.3) is 65.0 Å². The largest absolute Gasteiger partial charge is 0.455 e. The van der Waals surface area contributed by atoms with Gasteiger partial charge < -0.3 is 4.42 Å². The van der Waals surface area contributed by atoms with Gasteiger partial charge in [0.25, 0.3) is 0 Å². The molecule has 4 heteroatoms. The number of thiazole rings is 1. The molecule has 0 bridgehead atoms. The van der Waals surface area contributed by atoms with Crippen molar-refractivity contribution in [2.24, 2.45) is 0 Å². The smallest absolute Gasteiger partial charge is 0.143 e. The zero-order chi connectivity index (χ0) is 24.1. The Kier molecular flexibility index (Phi) is 4.70. The van der Waals surface area contributed by atoms with Crippen molar-refractivity contribution >= 4 is 43.5 Å². The highest BCUT2D eigenvalue weighted by Crippen LogP contribution is 2.37. The standard InChI is InChI=1S/C32H18N2OS/c33-19-20-16-23(18-24(17-20)32-34-28-9-2-4-11-30(28)36-32)21-12-14-22(15-13-21)25-7-5-8-27-26-6-1-3-10-29(26)35-31(25)27/h1-18H. The Morgan fingerprint density at radius 3 is 2.28 bits per heavy atom. The summed E-state index contributed by atoms with van der Waals surface area (Å²) < 4.78 is 7.37. The molecule has 0 saturated carbocycles. The third-order valence-corrected chi connectivity index (χ3v) is 7.62. The van der Waals surface area contributed by atoms with Gasteiger partial charge in [-0.05, 0) is 53.1 Å². The normalized spacial score (nSPS) is 11.3. The van der Waals surface area contributed by atoms with Gasteiger partial charge in [0.2, 0.25) is 0 Å². The minimum Gasteiger partial charge on any atom is -0.455 e. The van der Waals surface area contributed by atoms with Gasteiger partial charge in [0.15, 0.2) is 0 Å². The molecule has 7 aromatic rings. The summed E-state index contributed by atoms with van der Waals surface area (Å²) in [5, 5.41) is 12.9. The number of para-hydroxylation sites is 3. The van der Waals surface area contributed by atoms with E-state index in [0.29, 0.717) is 5.56 Å². The molecule has 3 nitrogen and oxygen atoms in total. The van der Waals surface area contributed by atoms with Crippen LogP contribution in [0.15, 0.2) is 114 Å². The first-order chi connectivity index (χ1) is 17.8. The van der Waals surface area contributed by atoms with Crippen molar-refractivity contribution < 1.29 is 4.42 Å². The van der Waals surface area contributed by atoms with Crippen LogP contribution in [0.5, 0.6) is 0 Å². The van der Waals surface area contributed by atoms with Gasteiger partial charge in [0, 0.05) is 21.9 Å². The average Bonchev–Trinajstić information content (AvgIpc) is 3.55. The number of rotatable bonds is 3. The van der Waals surface area contributed by atoms with Gasteiger partial charge >= 0.3 is 0 Å². The van der Waals surface area contributed by atoms with E-state index in [1.807, 2.05) is 48.5 Å². The number of hydrogen-bond donors (Lipinski definition) is 0. The Hall–Kier alpha value is -4.72. The summed E-state index contributed by atoms with van der Waals surface area (Å²) in [5.74, 6) is 0. The minimum absolute atomic E-state index is 0.623. The Bertz CT molecular complexity index is 1920. The molecule has 0 spiro atoms. The Balaban J connectivity index is 1.31. The molecule has 0 saturated heterocycles. The molecule has 0 fully saturated rings. The molecule has 7 rings (SSSR count).